The SMILES string of the molecule is Nc1cccnc1Cl.O=C(Cl)c1ccccc1C(F)(F)F.O=C(Nc1cccnc1Cl)c1ccccc1C(F)(F)F. The summed E-state index contributed by atoms with van der Waals surface area (Å²) in [5, 5.41) is 1.57. The Hall–Kier alpha value is -3.87. The molecule has 2 aromatic heterocycles. The molecule has 4 aromatic rings. The molecule has 4 rings (SSSR count). The van der Waals surface area contributed by atoms with E-state index in [2.05, 4.69) is 15.3 Å². The van der Waals surface area contributed by atoms with Crippen LogP contribution in [0.2, 0.25) is 10.3 Å². The van der Waals surface area contributed by atoms with Gasteiger partial charge in [-0.25, -0.2) is 9.97 Å². The molecule has 3 N–H and O–H groups in total. The molecule has 15 heteroatoms. The number of benzene rings is 2. The van der Waals surface area contributed by atoms with E-state index in [1.807, 2.05) is 0 Å². The lowest BCUT2D eigenvalue weighted by atomic mass is 10.1. The zero-order valence-electron chi connectivity index (χ0n) is 20.3. The van der Waals surface area contributed by atoms with Crippen molar-refractivity contribution in [3.05, 3.63) is 118 Å². The minimum absolute atomic E-state index is 0.00494. The normalized spacial score (nSPS) is 10.9. The first-order valence-corrected chi connectivity index (χ1v) is 12.1. The lowest BCUT2D eigenvalue weighted by Crippen LogP contribution is -2.18. The first-order valence-electron chi connectivity index (χ1n) is 10.9. The Morgan fingerprint density at radius 1 is 0.683 bits per heavy atom. The fourth-order valence-corrected chi connectivity index (χ4v) is 3.35. The third kappa shape index (κ3) is 10.2. The molecular formula is C26H17Cl3F6N4O2. The second kappa shape index (κ2) is 14.7. The molecular weight excluding hydrogens is 621 g/mol. The fourth-order valence-electron chi connectivity index (χ4n) is 2.90. The zero-order chi connectivity index (χ0) is 30.8. The van der Waals surface area contributed by atoms with Crippen molar-refractivity contribution in [1.29, 1.82) is 0 Å². The van der Waals surface area contributed by atoms with Gasteiger partial charge in [0.25, 0.3) is 11.1 Å². The quantitative estimate of drug-likeness (QED) is 0.134. The number of pyridine rings is 2. The van der Waals surface area contributed by atoms with Crippen LogP contribution in [0.5, 0.6) is 0 Å². The van der Waals surface area contributed by atoms with Crippen LogP contribution in [0.3, 0.4) is 0 Å². The molecule has 6 nitrogen and oxygen atoms in total. The summed E-state index contributed by atoms with van der Waals surface area (Å²) in [6.07, 6.45) is -6.14. The second-order valence-corrected chi connectivity index (χ2v) is 8.60. The zero-order valence-corrected chi connectivity index (χ0v) is 22.5. The number of rotatable bonds is 3. The largest absolute Gasteiger partial charge is 0.417 e. The molecule has 0 aliphatic heterocycles. The van der Waals surface area contributed by atoms with Crippen molar-refractivity contribution in [2.45, 2.75) is 12.4 Å². The number of carbonyl (C=O) groups excluding carboxylic acids is 2. The highest BCUT2D eigenvalue weighted by molar-refractivity contribution is 6.67. The number of halogens is 9. The van der Waals surface area contributed by atoms with Crippen LogP contribution in [0.4, 0.5) is 37.7 Å². The predicted molar refractivity (Wildman–Crippen MR) is 144 cm³/mol. The number of nitrogens with one attached hydrogen (secondary N) is 1. The van der Waals surface area contributed by atoms with Crippen LogP contribution in [0.15, 0.2) is 85.2 Å². The Morgan fingerprint density at radius 3 is 1.56 bits per heavy atom. The minimum Gasteiger partial charge on any atom is -0.396 e. The van der Waals surface area contributed by atoms with Gasteiger partial charge in [0, 0.05) is 18.0 Å². The molecule has 0 radical (unpaired) electrons. The van der Waals surface area contributed by atoms with Gasteiger partial charge in [0.1, 0.15) is 0 Å². The predicted octanol–water partition coefficient (Wildman–Crippen LogP) is 8.41. The van der Waals surface area contributed by atoms with E-state index in [1.54, 1.807) is 18.3 Å². The Bertz CT molecular complexity index is 1480. The molecule has 0 atom stereocenters. The second-order valence-electron chi connectivity index (χ2n) is 7.54. The van der Waals surface area contributed by atoms with E-state index in [9.17, 15) is 35.9 Å². The molecule has 2 aromatic carbocycles. The third-order valence-corrected chi connectivity index (χ3v) is 5.54. The van der Waals surface area contributed by atoms with Crippen molar-refractivity contribution in [3.8, 4) is 0 Å². The monoisotopic (exact) mass is 636 g/mol. The van der Waals surface area contributed by atoms with E-state index in [4.69, 9.17) is 40.5 Å². The van der Waals surface area contributed by atoms with Gasteiger partial charge >= 0.3 is 12.4 Å². The Morgan fingerprint density at radius 2 is 1.15 bits per heavy atom. The van der Waals surface area contributed by atoms with Gasteiger partial charge in [-0.3, -0.25) is 9.59 Å². The third-order valence-electron chi connectivity index (χ3n) is 4.72. The summed E-state index contributed by atoms with van der Waals surface area (Å²) in [7, 11) is 0. The minimum atomic E-state index is -4.60. The van der Waals surface area contributed by atoms with Gasteiger partial charge in [0.05, 0.1) is 28.1 Å². The van der Waals surface area contributed by atoms with E-state index in [0.29, 0.717) is 10.8 Å². The topological polar surface area (TPSA) is 98.0 Å². The van der Waals surface area contributed by atoms with Crippen LogP contribution in [-0.2, 0) is 12.4 Å². The number of nitrogens with two attached hydrogens (primary N) is 1. The van der Waals surface area contributed by atoms with Crippen LogP contribution < -0.4 is 11.1 Å². The van der Waals surface area contributed by atoms with Gasteiger partial charge in [-0.05, 0) is 60.1 Å². The molecule has 0 saturated carbocycles. The number of aromatic nitrogens is 2. The molecule has 216 valence electrons. The summed E-state index contributed by atoms with van der Waals surface area (Å²) in [6, 6.07) is 15.3. The standard InChI is InChI=1S/C13H8ClF3N2O.C8H4ClF3O.C5H5ClN2/c14-11-10(6-3-7-18-11)19-12(20)8-4-1-2-5-9(8)13(15,16)17;9-7(13)5-3-1-2-4-6(5)8(10,11)12;6-5-4(7)2-1-3-8-5/h1-7H,(H,19,20);1-4H;1-3H,7H2. The van der Waals surface area contributed by atoms with Gasteiger partial charge in [-0.2, -0.15) is 26.3 Å². The first-order chi connectivity index (χ1) is 19.1. The summed E-state index contributed by atoms with van der Waals surface area (Å²) >= 11 is 16.2. The number of amides is 1. The van der Waals surface area contributed by atoms with Crippen LogP contribution in [0.25, 0.3) is 0 Å². The van der Waals surface area contributed by atoms with Gasteiger partial charge < -0.3 is 11.1 Å². The van der Waals surface area contributed by atoms with Gasteiger partial charge in [0.15, 0.2) is 10.3 Å². The maximum Gasteiger partial charge on any atom is 0.417 e. The lowest BCUT2D eigenvalue weighted by Gasteiger charge is -2.12. The molecule has 0 aliphatic rings. The summed E-state index contributed by atoms with van der Waals surface area (Å²) in [5.41, 5.74) is 3.00. The van der Waals surface area contributed by atoms with E-state index >= 15 is 0 Å². The van der Waals surface area contributed by atoms with Crippen LogP contribution >= 0.6 is 34.8 Å². The number of alkyl halides is 6. The molecule has 0 spiro atoms. The Labute approximate surface area is 244 Å². The van der Waals surface area contributed by atoms with Crippen molar-refractivity contribution in [1.82, 2.24) is 9.97 Å². The summed E-state index contributed by atoms with van der Waals surface area (Å²) in [5.74, 6) is -0.896. The maximum absolute atomic E-state index is 12.8. The number of anilines is 2. The number of hydrogen-bond acceptors (Lipinski definition) is 5. The number of hydrogen-bond donors (Lipinski definition) is 2. The van der Waals surface area contributed by atoms with E-state index in [-0.39, 0.29) is 10.8 Å². The molecule has 0 saturated heterocycles. The van der Waals surface area contributed by atoms with Crippen molar-refractivity contribution in [2.24, 2.45) is 0 Å². The first kappa shape index (κ1) is 33.3. The van der Waals surface area contributed by atoms with Gasteiger partial charge in [-0.1, -0.05) is 47.5 Å². The molecule has 0 aliphatic carbocycles. The molecule has 0 fully saturated rings. The molecule has 0 unspecified atom stereocenters. The van der Waals surface area contributed by atoms with E-state index in [0.717, 1.165) is 24.3 Å². The van der Waals surface area contributed by atoms with Crippen molar-refractivity contribution >= 4 is 57.3 Å². The highest BCUT2D eigenvalue weighted by Crippen LogP contribution is 2.33. The Kier molecular flexibility index (Phi) is 11.9. The van der Waals surface area contributed by atoms with Crippen molar-refractivity contribution < 1.29 is 35.9 Å². The van der Waals surface area contributed by atoms with Gasteiger partial charge in [-0.15, -0.1) is 0 Å². The lowest BCUT2D eigenvalue weighted by molar-refractivity contribution is -0.138. The van der Waals surface area contributed by atoms with E-state index < -0.39 is 45.8 Å². The summed E-state index contributed by atoms with van der Waals surface area (Å²) in [6.45, 7) is 0. The highest BCUT2D eigenvalue weighted by Gasteiger charge is 2.35. The van der Waals surface area contributed by atoms with Crippen LogP contribution in [0.1, 0.15) is 31.8 Å². The average molecular weight is 638 g/mol. The highest BCUT2D eigenvalue weighted by atomic mass is 35.5. The van der Waals surface area contributed by atoms with Crippen molar-refractivity contribution in [2.75, 3.05) is 11.1 Å². The van der Waals surface area contributed by atoms with Crippen LogP contribution in [0, 0.1) is 0 Å². The number of nitrogens with zero attached hydrogens (tertiary/aromatic N) is 2. The Balaban J connectivity index is 0.000000239. The molecule has 41 heavy (non-hydrogen) atoms. The number of nitrogen functional groups attached to an aromatic ring is 1. The maximum atomic E-state index is 12.8. The smallest absolute Gasteiger partial charge is 0.396 e. The van der Waals surface area contributed by atoms with E-state index in [1.165, 1.54) is 42.6 Å². The summed E-state index contributed by atoms with van der Waals surface area (Å²) in [4.78, 5) is 30.0. The van der Waals surface area contributed by atoms with Crippen molar-refractivity contribution in [3.63, 3.8) is 0 Å². The number of carbonyl (C=O) groups is 2. The average Bonchev–Trinajstić information content (AvgIpc) is 2.91. The molecule has 0 bridgehead atoms. The van der Waals surface area contributed by atoms with Gasteiger partial charge in [0.2, 0.25) is 0 Å². The molecule has 1 amide bonds. The van der Waals surface area contributed by atoms with Crippen LogP contribution in [-0.4, -0.2) is 21.1 Å². The molecule has 2 heterocycles. The fraction of sp³-hybridized carbons (Fsp3) is 0.0769. The summed E-state index contributed by atoms with van der Waals surface area (Å²) < 4.78 is 75.0.